The highest BCUT2D eigenvalue weighted by atomic mass is 16.6. The summed E-state index contributed by atoms with van der Waals surface area (Å²) in [5, 5.41) is 44.6. The van der Waals surface area contributed by atoms with Crippen LogP contribution in [-0.2, 0) is 143 Å². The van der Waals surface area contributed by atoms with Gasteiger partial charge in [0.25, 0.3) is 0 Å². The van der Waals surface area contributed by atoms with Crippen LogP contribution in [0.15, 0.2) is 133 Å². The maximum absolute atomic E-state index is 13.2. The van der Waals surface area contributed by atoms with Crippen molar-refractivity contribution in [2.75, 3.05) is 0 Å². The first kappa shape index (κ1) is 96.4. The summed E-state index contributed by atoms with van der Waals surface area (Å²) in [6, 6.07) is 0. The summed E-state index contributed by atoms with van der Waals surface area (Å²) in [4.78, 5) is 198. The summed E-state index contributed by atoms with van der Waals surface area (Å²) in [5.74, 6) is -16.6. The first-order chi connectivity index (χ1) is 55.3. The number of allylic oxidation sites excluding steroid dienone is 2. The van der Waals surface area contributed by atoms with Gasteiger partial charge in [-0.25, -0.2) is 43.2 Å². The highest BCUT2D eigenvalue weighted by Crippen LogP contribution is 2.49. The summed E-state index contributed by atoms with van der Waals surface area (Å²) in [6.07, 6.45) is -12.6. The number of aliphatic hydroxyl groups is 4. The number of esters is 12. The lowest BCUT2D eigenvalue weighted by atomic mass is 9.75. The molecule has 654 valence electrons. The lowest BCUT2D eigenvalue weighted by Crippen LogP contribution is -2.60. The van der Waals surface area contributed by atoms with Crippen molar-refractivity contribution < 1.29 is 163 Å². The summed E-state index contributed by atoms with van der Waals surface area (Å²) in [6.45, 7) is 54.9. The quantitative estimate of drug-likeness (QED) is 0.0632. The second kappa shape index (κ2) is 37.5. The molecule has 0 aromatic carbocycles. The van der Waals surface area contributed by atoms with Crippen LogP contribution in [-0.4, -0.2) is 235 Å². The van der Waals surface area contributed by atoms with E-state index < -0.39 is 239 Å². The lowest BCUT2D eigenvalue weighted by molar-refractivity contribution is -0.196. The molecule has 0 bridgehead atoms. The zero-order valence-corrected chi connectivity index (χ0v) is 69.9. The second-order valence-electron chi connectivity index (χ2n) is 32.9. The third-order valence-electron chi connectivity index (χ3n) is 22.2. The van der Waals surface area contributed by atoms with E-state index >= 15 is 0 Å². The average Bonchev–Trinajstić information content (AvgIpc) is 1.58. The fourth-order valence-corrected chi connectivity index (χ4v) is 15.4. The third-order valence-corrected chi connectivity index (χ3v) is 22.2. The summed E-state index contributed by atoms with van der Waals surface area (Å²) in [5.41, 5.74) is -8.14. The summed E-state index contributed by atoms with van der Waals surface area (Å²) in [7, 11) is 0. The largest absolute Gasteiger partial charge is 0.458 e. The van der Waals surface area contributed by atoms with Gasteiger partial charge in [-0.1, -0.05) is 97.7 Å². The molecule has 4 aliphatic carbocycles. The Morgan fingerprint density at radius 1 is 0.400 bits per heavy atom. The average molecular weight is 1680 g/mol. The zero-order valence-electron chi connectivity index (χ0n) is 69.9. The molecule has 0 amide bonds. The van der Waals surface area contributed by atoms with Crippen LogP contribution in [0, 0.1) is 41.4 Å². The summed E-state index contributed by atoms with van der Waals surface area (Å²) < 4.78 is 76.2. The fraction of sp³-hybridized carbons (Fsp3) is 0.558. The Bertz CT molecular complexity index is 4430. The number of rotatable bonds is 13. The highest BCUT2D eigenvalue weighted by molar-refractivity contribution is 6.00. The molecular formula is C86H106O34. The summed E-state index contributed by atoms with van der Waals surface area (Å²) >= 11 is 0. The van der Waals surface area contributed by atoms with E-state index in [1.807, 2.05) is 20.8 Å². The smallest absolute Gasteiger partial charge is 0.334 e. The number of carbonyl (C=O) groups excluding carboxylic acids is 16. The number of Topliss-reactive ketones (excluding diaryl/α,β-unsaturated/α-hetero) is 3. The molecule has 6 saturated heterocycles. The minimum Gasteiger partial charge on any atom is -0.458 e. The van der Waals surface area contributed by atoms with Crippen LogP contribution in [0.25, 0.3) is 0 Å². The van der Waals surface area contributed by atoms with Crippen molar-refractivity contribution in [3.8, 4) is 0 Å². The van der Waals surface area contributed by atoms with Crippen molar-refractivity contribution >= 4 is 94.8 Å². The zero-order chi connectivity index (χ0) is 90.8. The molecule has 34 nitrogen and oxygen atoms in total. The first-order valence-corrected chi connectivity index (χ1v) is 38.5. The van der Waals surface area contributed by atoms with E-state index in [0.29, 0.717) is 12.8 Å². The van der Waals surface area contributed by atoms with E-state index in [1.54, 1.807) is 19.1 Å². The van der Waals surface area contributed by atoms with Gasteiger partial charge in [-0.05, 0) is 112 Å². The molecular weight excluding hydrogens is 1580 g/mol. The molecule has 27 atom stereocenters. The molecule has 34 heteroatoms. The molecule has 4 N–H and O–H groups in total. The minimum atomic E-state index is -2.32. The van der Waals surface area contributed by atoms with Gasteiger partial charge in [0.15, 0.2) is 94.4 Å². The van der Waals surface area contributed by atoms with Gasteiger partial charge < -0.3 is 86.7 Å². The number of carbonyl (C=O) groups is 16. The maximum atomic E-state index is 13.2. The van der Waals surface area contributed by atoms with Gasteiger partial charge in [0, 0.05) is 83.8 Å². The van der Waals surface area contributed by atoms with Crippen molar-refractivity contribution in [2.24, 2.45) is 41.4 Å². The molecule has 10 rings (SSSR count). The predicted molar refractivity (Wildman–Crippen MR) is 413 cm³/mol. The second-order valence-corrected chi connectivity index (χ2v) is 32.9. The SMILES string of the molecule is C=C(C)C(=O)O[C@@H]1[C@@H](OC(C)=O)[C@H]2C(=C)C(=O)O[C@@H]2C[C@@H](C)/C=C\C(=O)[C@@]1(C)O.C=C(C)C(=O)O[C@H]1[C@H]2C(=C)C(=O)O[C@@H]2C/C(C)=C\CC(=O)[C@@](C)(O)[C@@H]1OC(C)=O.C=C(C)C(=O)O[C@H]1[C@H]2C(=C)C(=O)O[C@@H]2C[C@@H](C)[C@@H]2O[C@@H]2C(=O)[C@@](C)(O)[C@@H]1OC(=O)C(=C)C.C=C(C)C(=O)O[C@H]1[C@H]2C(=C)C(=O)O[C@@H]2C[C@@H](C)[C@@H]2O[C@@H]2C(=O)[C@@](C)(O)[C@@H]1OC(C)=O. The molecule has 8 fully saturated rings. The van der Waals surface area contributed by atoms with Crippen molar-refractivity contribution in [1.82, 2.24) is 0 Å². The number of hydrogen-bond acceptors (Lipinski definition) is 34. The standard InChI is InChI=1S/C23H28O9.C21H26O9.2C21H26O8/c1-9(2)20(25)31-16-14-12(6)22(27)29-13(14)8-11(5)15-17(30-15)18(24)23(7,28)19(16)32-21(26)10(3)4;1-8(2)19(24)30-15-13-10(4)20(25)28-12(13)7-9(3)14-16(29-14)17(23)21(6,26)18(15)27-11(5)22;1-10(2)19(24)29-17-16-12(4)20(25)28-14(16)9-11(3)7-8-15(23)21(6,26)18(17)27-13(5)22;1-10(2)19(24)29-18-17(27-13(5)22)16-12(4)20(25)28-14(16)9-11(3)7-8-15(23)21(18,6)26/h11,13-17,19,28H,1,3,6,8H2,2,4-5,7H3;9,12-16,18,26H,1,4,7H2,2-3,5-6H3;7,14,16-18,26H,1,4,8-9H2,2-3,5-6H3;7-8,11,14,16-18,26H,1,4,9H2,2-3,5-6H3/b;;11-7-;8-7-/t11-,13-,14+,15+,16+,17+,19-,23-;9-,12-,13+,14+,15+,16+,18-,21-;14-,16+,17+,18-,21-;11-,14+,16-,17-,18+,21+/m1110/s1. The van der Waals surface area contributed by atoms with E-state index in [4.69, 9.17) is 66.3 Å². The van der Waals surface area contributed by atoms with Crippen molar-refractivity contribution in [3.63, 3.8) is 0 Å². The first-order valence-electron chi connectivity index (χ1n) is 38.5. The Morgan fingerprint density at radius 2 is 0.683 bits per heavy atom. The van der Waals surface area contributed by atoms with Crippen LogP contribution in [0.3, 0.4) is 0 Å². The molecule has 0 aromatic heterocycles. The normalized spacial score (nSPS) is 37.4. The molecule has 120 heavy (non-hydrogen) atoms. The number of fused-ring (bicyclic) bond motifs is 6. The Balaban J connectivity index is 0.000000221. The molecule has 10 aliphatic rings. The van der Waals surface area contributed by atoms with Crippen LogP contribution in [0.1, 0.15) is 143 Å². The maximum Gasteiger partial charge on any atom is 0.334 e. The number of hydrogen-bond donors (Lipinski definition) is 4. The van der Waals surface area contributed by atoms with Crippen LogP contribution < -0.4 is 0 Å². The highest BCUT2D eigenvalue weighted by Gasteiger charge is 2.66. The predicted octanol–water partition coefficient (Wildman–Crippen LogP) is 4.80. The molecule has 0 spiro atoms. The van der Waals surface area contributed by atoms with Crippen molar-refractivity contribution in [3.05, 3.63) is 133 Å². The molecule has 0 unspecified atom stereocenters. The van der Waals surface area contributed by atoms with Crippen LogP contribution in [0.2, 0.25) is 0 Å². The Labute approximate surface area is 692 Å². The topological polar surface area (TPSA) is 490 Å². The molecule has 2 saturated carbocycles. The van der Waals surface area contributed by atoms with Gasteiger partial charge in [-0.3, -0.25) is 33.6 Å². The Morgan fingerprint density at radius 3 is 1.02 bits per heavy atom. The van der Waals surface area contributed by atoms with E-state index in [1.165, 1.54) is 54.5 Å². The number of ketones is 4. The van der Waals surface area contributed by atoms with E-state index in [0.717, 1.165) is 40.2 Å². The van der Waals surface area contributed by atoms with Crippen molar-refractivity contribution in [2.45, 2.75) is 263 Å². The van der Waals surface area contributed by atoms with E-state index in [2.05, 4.69) is 59.2 Å². The van der Waals surface area contributed by atoms with Crippen molar-refractivity contribution in [1.29, 1.82) is 0 Å². The van der Waals surface area contributed by atoms with Gasteiger partial charge in [0.1, 0.15) is 36.6 Å². The lowest BCUT2D eigenvalue weighted by Gasteiger charge is -2.40. The van der Waals surface area contributed by atoms with Gasteiger partial charge >= 0.3 is 71.6 Å². The molecule has 0 aromatic rings. The Kier molecular flexibility index (Phi) is 30.1. The van der Waals surface area contributed by atoms with Crippen LogP contribution in [0.5, 0.6) is 0 Å². The number of epoxide rings is 2. The van der Waals surface area contributed by atoms with E-state index in [-0.39, 0.29) is 87.2 Å². The monoisotopic (exact) mass is 1680 g/mol. The van der Waals surface area contributed by atoms with Gasteiger partial charge in [-0.2, -0.15) is 0 Å². The van der Waals surface area contributed by atoms with Gasteiger partial charge in [-0.15, -0.1) is 0 Å². The van der Waals surface area contributed by atoms with Crippen LogP contribution in [0.4, 0.5) is 0 Å². The molecule has 6 heterocycles. The number of ether oxygens (including phenoxy) is 14. The van der Waals surface area contributed by atoms with E-state index in [9.17, 15) is 97.1 Å². The Hall–Kier alpha value is -10.8. The van der Waals surface area contributed by atoms with Gasteiger partial charge in [0.2, 0.25) is 0 Å². The minimum absolute atomic E-state index is 0.000884. The molecule has 0 radical (unpaired) electrons. The van der Waals surface area contributed by atoms with Crippen LogP contribution >= 0.6 is 0 Å². The molecule has 6 aliphatic heterocycles. The third kappa shape index (κ3) is 21.1. The fourth-order valence-electron chi connectivity index (χ4n) is 15.4. The van der Waals surface area contributed by atoms with Gasteiger partial charge in [0.05, 0.1) is 35.9 Å².